The van der Waals surface area contributed by atoms with Crippen molar-refractivity contribution < 1.29 is 0 Å². The highest BCUT2D eigenvalue weighted by molar-refractivity contribution is 5.56. The average molecular weight is 270 g/mol. The minimum absolute atomic E-state index is 0.870. The van der Waals surface area contributed by atoms with Gasteiger partial charge in [0.1, 0.15) is 0 Å². The molecule has 1 aromatic carbocycles. The van der Waals surface area contributed by atoms with Crippen LogP contribution in [0.5, 0.6) is 0 Å². The van der Waals surface area contributed by atoms with Gasteiger partial charge < -0.3 is 9.80 Å². The molecule has 1 aliphatic heterocycles. The summed E-state index contributed by atoms with van der Waals surface area (Å²) in [4.78, 5) is 4.84. The maximum Gasteiger partial charge on any atom is 0.0794 e. The van der Waals surface area contributed by atoms with Gasteiger partial charge in [0.05, 0.1) is 6.54 Å². The van der Waals surface area contributed by atoms with Crippen molar-refractivity contribution in [3.8, 4) is 11.8 Å². The minimum atomic E-state index is 0.870. The number of hydrogen-bond donors (Lipinski definition) is 0. The lowest BCUT2D eigenvalue weighted by Gasteiger charge is -2.29. The Bertz CT molecular complexity index is 466. The summed E-state index contributed by atoms with van der Waals surface area (Å²) in [7, 11) is 0. The minimum Gasteiger partial charge on any atom is -0.360 e. The molecule has 0 fully saturated rings. The van der Waals surface area contributed by atoms with E-state index in [9.17, 15) is 0 Å². The Balaban J connectivity index is 1.84. The van der Waals surface area contributed by atoms with Crippen LogP contribution in [0.4, 0.5) is 5.69 Å². The molecule has 0 aliphatic carbocycles. The monoisotopic (exact) mass is 270 g/mol. The van der Waals surface area contributed by atoms with Crippen LogP contribution in [0, 0.1) is 11.8 Å². The van der Waals surface area contributed by atoms with Gasteiger partial charge >= 0.3 is 0 Å². The van der Waals surface area contributed by atoms with Crippen molar-refractivity contribution in [3.05, 3.63) is 29.8 Å². The molecule has 0 N–H and O–H groups in total. The summed E-state index contributed by atoms with van der Waals surface area (Å²) in [6, 6.07) is 8.74. The van der Waals surface area contributed by atoms with Gasteiger partial charge in [0.25, 0.3) is 0 Å². The van der Waals surface area contributed by atoms with Crippen LogP contribution in [0.25, 0.3) is 0 Å². The Morgan fingerprint density at radius 1 is 1.15 bits per heavy atom. The third kappa shape index (κ3) is 4.02. The third-order valence-electron chi connectivity index (χ3n) is 4.05. The van der Waals surface area contributed by atoms with E-state index >= 15 is 0 Å². The zero-order valence-corrected chi connectivity index (χ0v) is 12.9. The van der Waals surface area contributed by atoms with E-state index in [1.165, 1.54) is 24.1 Å². The molecule has 0 amide bonds. The van der Waals surface area contributed by atoms with Crippen molar-refractivity contribution in [1.82, 2.24) is 4.90 Å². The number of para-hydroxylation sites is 1. The molecular formula is C18H26N2. The van der Waals surface area contributed by atoms with Crippen LogP contribution < -0.4 is 4.90 Å². The summed E-state index contributed by atoms with van der Waals surface area (Å²) in [6.45, 7) is 9.77. The van der Waals surface area contributed by atoms with Crippen LogP contribution in [-0.2, 0) is 6.42 Å². The molecule has 108 valence electrons. The number of fused-ring (bicyclic) bond motifs is 1. The Morgan fingerprint density at radius 3 is 2.75 bits per heavy atom. The first-order valence-electron chi connectivity index (χ1n) is 7.86. The first kappa shape index (κ1) is 14.9. The molecule has 0 spiro atoms. The van der Waals surface area contributed by atoms with Gasteiger partial charge in [-0.15, -0.1) is 5.92 Å². The van der Waals surface area contributed by atoms with Crippen molar-refractivity contribution in [2.24, 2.45) is 0 Å². The molecule has 1 aromatic rings. The van der Waals surface area contributed by atoms with E-state index in [0.29, 0.717) is 0 Å². The fourth-order valence-electron chi connectivity index (χ4n) is 2.77. The highest BCUT2D eigenvalue weighted by Gasteiger charge is 2.14. The highest BCUT2D eigenvalue weighted by atomic mass is 15.1. The van der Waals surface area contributed by atoms with E-state index in [0.717, 1.165) is 39.1 Å². The predicted molar refractivity (Wildman–Crippen MR) is 87.2 cm³/mol. The number of hydrogen-bond acceptors (Lipinski definition) is 2. The molecule has 1 aliphatic rings. The Labute approximate surface area is 123 Å². The van der Waals surface area contributed by atoms with Crippen LogP contribution in [-0.4, -0.2) is 37.6 Å². The molecule has 2 rings (SSSR count). The van der Waals surface area contributed by atoms with Crippen molar-refractivity contribution in [2.45, 2.75) is 33.1 Å². The topological polar surface area (TPSA) is 6.48 Å². The zero-order valence-electron chi connectivity index (χ0n) is 12.9. The van der Waals surface area contributed by atoms with Crippen LogP contribution in [0.3, 0.4) is 0 Å². The highest BCUT2D eigenvalue weighted by Crippen LogP contribution is 2.25. The molecule has 20 heavy (non-hydrogen) atoms. The molecular weight excluding hydrogens is 244 g/mol. The van der Waals surface area contributed by atoms with Crippen LogP contribution in [0.1, 0.15) is 32.3 Å². The summed E-state index contributed by atoms with van der Waals surface area (Å²) in [5, 5.41) is 0. The van der Waals surface area contributed by atoms with Gasteiger partial charge in [0.15, 0.2) is 0 Å². The number of nitrogens with zero attached hydrogens (tertiary/aromatic N) is 2. The molecule has 2 nitrogen and oxygen atoms in total. The molecule has 0 unspecified atom stereocenters. The maximum absolute atomic E-state index is 3.35. The Hall–Kier alpha value is -1.46. The average Bonchev–Trinajstić information content (AvgIpc) is 2.51. The molecule has 0 aromatic heterocycles. The number of aryl methyl sites for hydroxylation is 1. The molecule has 0 radical (unpaired) electrons. The molecule has 1 heterocycles. The van der Waals surface area contributed by atoms with Crippen LogP contribution in [0.15, 0.2) is 24.3 Å². The van der Waals surface area contributed by atoms with Gasteiger partial charge in [0.2, 0.25) is 0 Å². The fraction of sp³-hybridized carbons (Fsp3) is 0.556. The number of rotatable bonds is 5. The molecule has 0 saturated carbocycles. The number of benzene rings is 1. The van der Waals surface area contributed by atoms with E-state index in [1.54, 1.807) is 0 Å². The molecule has 2 heteroatoms. The first-order chi connectivity index (χ1) is 9.85. The first-order valence-corrected chi connectivity index (χ1v) is 7.86. The Kier molecular flexibility index (Phi) is 5.95. The molecule has 0 atom stereocenters. The molecule has 0 bridgehead atoms. The summed E-state index contributed by atoms with van der Waals surface area (Å²) < 4.78 is 0. The summed E-state index contributed by atoms with van der Waals surface area (Å²) in [5.74, 6) is 6.68. The Morgan fingerprint density at radius 2 is 1.95 bits per heavy atom. The van der Waals surface area contributed by atoms with Crippen molar-refractivity contribution in [2.75, 3.05) is 37.6 Å². The number of anilines is 1. The SMILES string of the molecule is CCN(CC)CCC#CCN1CCCc2ccccc21. The second kappa shape index (κ2) is 7.97. The summed E-state index contributed by atoms with van der Waals surface area (Å²) in [5.41, 5.74) is 2.86. The third-order valence-corrected chi connectivity index (χ3v) is 4.05. The largest absolute Gasteiger partial charge is 0.360 e. The molecule has 0 saturated heterocycles. The second-order valence-corrected chi connectivity index (χ2v) is 5.28. The normalized spacial score (nSPS) is 13.8. The lowest BCUT2D eigenvalue weighted by molar-refractivity contribution is 0.312. The van der Waals surface area contributed by atoms with E-state index in [-0.39, 0.29) is 0 Å². The van der Waals surface area contributed by atoms with Gasteiger partial charge in [-0.25, -0.2) is 0 Å². The lowest BCUT2D eigenvalue weighted by atomic mass is 10.0. The van der Waals surface area contributed by atoms with E-state index in [4.69, 9.17) is 0 Å². The van der Waals surface area contributed by atoms with Gasteiger partial charge in [-0.1, -0.05) is 38.0 Å². The smallest absolute Gasteiger partial charge is 0.0794 e. The maximum atomic E-state index is 3.35. The van der Waals surface area contributed by atoms with E-state index < -0.39 is 0 Å². The zero-order chi connectivity index (χ0) is 14.2. The quantitative estimate of drug-likeness (QED) is 0.758. The van der Waals surface area contributed by atoms with E-state index in [2.05, 4.69) is 59.8 Å². The van der Waals surface area contributed by atoms with Gasteiger partial charge in [-0.3, -0.25) is 0 Å². The van der Waals surface area contributed by atoms with Crippen molar-refractivity contribution in [3.63, 3.8) is 0 Å². The van der Waals surface area contributed by atoms with Gasteiger partial charge in [-0.2, -0.15) is 0 Å². The predicted octanol–water partition coefficient (Wildman–Crippen LogP) is 3.17. The van der Waals surface area contributed by atoms with Crippen LogP contribution in [0.2, 0.25) is 0 Å². The van der Waals surface area contributed by atoms with E-state index in [1.807, 2.05) is 0 Å². The lowest BCUT2D eigenvalue weighted by Crippen LogP contribution is -2.29. The second-order valence-electron chi connectivity index (χ2n) is 5.28. The van der Waals surface area contributed by atoms with Crippen molar-refractivity contribution in [1.29, 1.82) is 0 Å². The summed E-state index contributed by atoms with van der Waals surface area (Å²) in [6.07, 6.45) is 3.44. The standard InChI is InChI=1S/C18H26N2/c1-3-19(4-2)14-8-5-9-15-20-16-10-12-17-11-6-7-13-18(17)20/h6-7,11,13H,3-4,8,10,12,14-16H2,1-2H3. The fourth-order valence-corrected chi connectivity index (χ4v) is 2.77. The summed E-state index contributed by atoms with van der Waals surface area (Å²) >= 11 is 0. The van der Waals surface area contributed by atoms with Crippen LogP contribution >= 0.6 is 0 Å². The van der Waals surface area contributed by atoms with Gasteiger partial charge in [-0.05, 0) is 37.6 Å². The van der Waals surface area contributed by atoms with Crippen molar-refractivity contribution >= 4 is 5.69 Å². The van der Waals surface area contributed by atoms with Gasteiger partial charge in [0, 0.05) is 25.2 Å².